The number of rotatable bonds is 10. The molecule has 5 atom stereocenters. The van der Waals surface area contributed by atoms with Gasteiger partial charge in [0.05, 0.1) is 15.8 Å². The Labute approximate surface area is 244 Å². The van der Waals surface area contributed by atoms with Crippen LogP contribution in [0.2, 0.25) is 0 Å². The van der Waals surface area contributed by atoms with E-state index in [1.165, 1.54) is 49.4 Å². The molecule has 0 radical (unpaired) electrons. The molecule has 11 heteroatoms. The van der Waals surface area contributed by atoms with Crippen molar-refractivity contribution in [1.82, 2.24) is 10.2 Å². The molecule has 0 aliphatic carbocycles. The molecule has 2 aromatic rings. The summed E-state index contributed by atoms with van der Waals surface area (Å²) in [5, 5.41) is 36.0. The molecule has 4 rings (SSSR count). The predicted octanol–water partition coefficient (Wildman–Crippen LogP) is 4.73. The topological polar surface area (TPSA) is 150 Å². The first kappa shape index (κ1) is 31.2. The highest BCUT2D eigenvalue weighted by Crippen LogP contribution is 2.57. The van der Waals surface area contributed by atoms with Crippen LogP contribution in [-0.4, -0.2) is 69.5 Å². The number of nitro benzene ring substituents is 1. The first-order valence-corrected chi connectivity index (χ1v) is 14.3. The number of likely N-dealkylation sites (tertiary alicyclic amines) is 1. The molecule has 0 saturated carbocycles. The normalized spacial score (nSPS) is 28.7. The molecule has 2 aromatic carbocycles. The van der Waals surface area contributed by atoms with Crippen LogP contribution in [0.25, 0.3) is 0 Å². The summed E-state index contributed by atoms with van der Waals surface area (Å²) in [6.07, 6.45) is 1.85. The van der Waals surface area contributed by atoms with Gasteiger partial charge >= 0.3 is 11.9 Å². The number of carboxylic acids is 2. The summed E-state index contributed by atoms with van der Waals surface area (Å²) in [7, 11) is 0. The number of non-ortho nitro benzene ring substituents is 1. The monoisotopic (exact) mass is 583 g/mol. The molecule has 2 fully saturated rings. The van der Waals surface area contributed by atoms with Gasteiger partial charge in [0, 0.05) is 41.6 Å². The van der Waals surface area contributed by atoms with Gasteiger partial charge in [0.1, 0.15) is 5.82 Å². The standard InChI is InChI=1S/C31H38FN3O7/c1-19-30(3,28(37)38)27(23-6-4-7-25(18-23)35(41)42)31(29(39)40,20(2)33-19)14-5-15-34-16-12-22(13-17-34)26(36)21-8-10-24(32)11-9-21/h4,6-11,18-20,22,27,33H,5,12-17H2,1-3H3,(H,37,38)(H,39,40). The highest BCUT2D eigenvalue weighted by atomic mass is 19.1. The fourth-order valence-corrected chi connectivity index (χ4v) is 7.14. The second-order valence-electron chi connectivity index (χ2n) is 11.9. The molecule has 2 heterocycles. The Bertz CT molecular complexity index is 1340. The highest BCUT2D eigenvalue weighted by Gasteiger charge is 2.64. The Balaban J connectivity index is 1.55. The summed E-state index contributed by atoms with van der Waals surface area (Å²) >= 11 is 0. The van der Waals surface area contributed by atoms with Crippen LogP contribution >= 0.6 is 0 Å². The minimum atomic E-state index is -1.57. The lowest BCUT2D eigenvalue weighted by atomic mass is 9.51. The van der Waals surface area contributed by atoms with Crippen LogP contribution < -0.4 is 5.32 Å². The number of piperidine rings is 2. The van der Waals surface area contributed by atoms with Gasteiger partial charge in [0.15, 0.2) is 5.78 Å². The minimum absolute atomic E-state index is 0.0107. The van der Waals surface area contributed by atoms with Crippen LogP contribution in [0.5, 0.6) is 0 Å². The van der Waals surface area contributed by atoms with Crippen LogP contribution in [0.4, 0.5) is 10.1 Å². The minimum Gasteiger partial charge on any atom is -0.481 e. The molecule has 0 bridgehead atoms. The highest BCUT2D eigenvalue weighted by molar-refractivity contribution is 5.97. The predicted molar refractivity (Wildman–Crippen MR) is 153 cm³/mol. The van der Waals surface area contributed by atoms with E-state index in [0.29, 0.717) is 50.0 Å². The van der Waals surface area contributed by atoms with Crippen LogP contribution in [-0.2, 0) is 9.59 Å². The van der Waals surface area contributed by atoms with Crippen molar-refractivity contribution in [2.75, 3.05) is 19.6 Å². The first-order valence-electron chi connectivity index (χ1n) is 14.3. The van der Waals surface area contributed by atoms with Gasteiger partial charge in [-0.2, -0.15) is 0 Å². The zero-order chi connectivity index (χ0) is 30.8. The number of carbonyl (C=O) groups is 3. The third kappa shape index (κ3) is 5.67. The van der Waals surface area contributed by atoms with Gasteiger partial charge in [-0.1, -0.05) is 12.1 Å². The molecule has 0 aromatic heterocycles. The number of hydrogen-bond donors (Lipinski definition) is 3. The number of hydrogen-bond acceptors (Lipinski definition) is 7. The third-order valence-electron chi connectivity index (χ3n) is 9.71. The summed E-state index contributed by atoms with van der Waals surface area (Å²) < 4.78 is 13.3. The van der Waals surface area contributed by atoms with Crippen molar-refractivity contribution in [3.8, 4) is 0 Å². The lowest BCUT2D eigenvalue weighted by Gasteiger charge is -2.56. The smallest absolute Gasteiger partial charge is 0.311 e. The number of Topliss-reactive ketones (excluding diaryl/α,β-unsaturated/α-hetero) is 1. The molecule has 2 saturated heterocycles. The zero-order valence-electron chi connectivity index (χ0n) is 24.1. The van der Waals surface area contributed by atoms with E-state index in [0.717, 1.165) is 0 Å². The maximum atomic E-state index is 13.3. The lowest BCUT2D eigenvalue weighted by molar-refractivity contribution is -0.385. The van der Waals surface area contributed by atoms with Crippen LogP contribution in [0.3, 0.4) is 0 Å². The van der Waals surface area contributed by atoms with Crippen molar-refractivity contribution in [3.63, 3.8) is 0 Å². The third-order valence-corrected chi connectivity index (χ3v) is 9.71. The molecule has 2 aliphatic heterocycles. The van der Waals surface area contributed by atoms with Gasteiger partial charge in [0.2, 0.25) is 0 Å². The number of halogens is 1. The molecule has 3 N–H and O–H groups in total. The largest absolute Gasteiger partial charge is 0.481 e. The van der Waals surface area contributed by atoms with E-state index in [2.05, 4.69) is 10.2 Å². The summed E-state index contributed by atoms with van der Waals surface area (Å²) in [6.45, 7) is 6.80. The average Bonchev–Trinajstić information content (AvgIpc) is 2.96. The van der Waals surface area contributed by atoms with Gasteiger partial charge in [-0.05, 0) is 95.9 Å². The van der Waals surface area contributed by atoms with E-state index in [-0.39, 0.29) is 23.8 Å². The molecule has 226 valence electrons. The summed E-state index contributed by atoms with van der Waals surface area (Å²) in [4.78, 5) is 52.1. The molecule has 42 heavy (non-hydrogen) atoms. The quantitative estimate of drug-likeness (QED) is 0.205. The lowest BCUT2D eigenvalue weighted by Crippen LogP contribution is -2.68. The number of nitro groups is 1. The van der Waals surface area contributed by atoms with E-state index < -0.39 is 51.5 Å². The number of benzene rings is 2. The summed E-state index contributed by atoms with van der Waals surface area (Å²) in [6, 6.07) is 9.98. The van der Waals surface area contributed by atoms with Crippen molar-refractivity contribution in [2.45, 2.75) is 64.5 Å². The van der Waals surface area contributed by atoms with E-state index in [9.17, 15) is 39.1 Å². The van der Waals surface area contributed by atoms with Crippen molar-refractivity contribution in [2.24, 2.45) is 16.7 Å². The van der Waals surface area contributed by atoms with E-state index >= 15 is 0 Å². The Morgan fingerprint density at radius 2 is 1.69 bits per heavy atom. The number of aliphatic carboxylic acids is 2. The maximum Gasteiger partial charge on any atom is 0.311 e. The number of nitrogens with one attached hydrogen (secondary N) is 1. The fraction of sp³-hybridized carbons (Fsp3) is 0.516. The van der Waals surface area contributed by atoms with Crippen molar-refractivity contribution < 1.29 is 33.9 Å². The van der Waals surface area contributed by atoms with Gasteiger partial charge in [0.25, 0.3) is 5.69 Å². The molecular formula is C31H38FN3O7. The molecule has 10 nitrogen and oxygen atoms in total. The molecule has 0 spiro atoms. The number of carboxylic acid groups (broad SMARTS) is 2. The fourth-order valence-electron chi connectivity index (χ4n) is 7.14. The number of nitrogens with zero attached hydrogens (tertiary/aromatic N) is 2. The summed E-state index contributed by atoms with van der Waals surface area (Å²) in [5.41, 5.74) is -2.56. The van der Waals surface area contributed by atoms with E-state index in [1.807, 2.05) is 0 Å². The Morgan fingerprint density at radius 3 is 2.26 bits per heavy atom. The SMILES string of the molecule is CC1NC(C)C(CCCN2CCC(C(=O)c3ccc(F)cc3)CC2)(C(=O)O)C(c2cccc([N+](=O)[O-])c2)C1(C)C(=O)O. The number of ketones is 1. The van der Waals surface area contributed by atoms with Crippen LogP contribution in [0.15, 0.2) is 48.5 Å². The van der Waals surface area contributed by atoms with Gasteiger partial charge in [-0.15, -0.1) is 0 Å². The zero-order valence-corrected chi connectivity index (χ0v) is 24.1. The maximum absolute atomic E-state index is 13.3. The molecular weight excluding hydrogens is 545 g/mol. The first-order chi connectivity index (χ1) is 19.8. The molecule has 5 unspecified atom stereocenters. The second-order valence-corrected chi connectivity index (χ2v) is 11.9. The van der Waals surface area contributed by atoms with Crippen molar-refractivity contribution in [1.29, 1.82) is 0 Å². The Hall–Kier alpha value is -3.70. The van der Waals surface area contributed by atoms with Gasteiger partial charge in [-0.25, -0.2) is 4.39 Å². The van der Waals surface area contributed by atoms with Gasteiger partial charge in [-0.3, -0.25) is 24.5 Å². The van der Waals surface area contributed by atoms with Gasteiger partial charge < -0.3 is 20.4 Å². The molecule has 0 amide bonds. The Morgan fingerprint density at radius 1 is 1.05 bits per heavy atom. The van der Waals surface area contributed by atoms with Crippen LogP contribution in [0.1, 0.15) is 68.3 Å². The second kappa shape index (κ2) is 12.3. The Kier molecular flexibility index (Phi) is 9.12. The molecule has 2 aliphatic rings. The van der Waals surface area contributed by atoms with E-state index in [4.69, 9.17) is 0 Å². The van der Waals surface area contributed by atoms with Crippen LogP contribution in [0, 0.1) is 32.7 Å². The summed E-state index contributed by atoms with van der Waals surface area (Å²) in [5.74, 6) is -3.95. The van der Waals surface area contributed by atoms with E-state index in [1.54, 1.807) is 19.9 Å². The van der Waals surface area contributed by atoms with Crippen molar-refractivity contribution in [3.05, 3.63) is 75.6 Å². The van der Waals surface area contributed by atoms with Crippen molar-refractivity contribution >= 4 is 23.4 Å². The average molecular weight is 584 g/mol. The number of carbonyl (C=O) groups excluding carboxylic acids is 1.